The first kappa shape index (κ1) is 13.3. The summed E-state index contributed by atoms with van der Waals surface area (Å²) < 4.78 is 15.7. The second-order valence-corrected chi connectivity index (χ2v) is 4.82. The number of nitrogens with zero attached hydrogens (tertiary/aromatic N) is 2. The molecule has 0 fully saturated rings. The molecular formula is C16H11N3O4. The SMILES string of the molecule is O=C(OCc1nnc(-c2ccco2)o1)c1cc2ccccc2[nH]1. The Morgan fingerprint density at radius 1 is 1.17 bits per heavy atom. The Kier molecular flexibility index (Phi) is 3.16. The highest BCUT2D eigenvalue weighted by Crippen LogP contribution is 2.19. The zero-order valence-electron chi connectivity index (χ0n) is 11.9. The van der Waals surface area contributed by atoms with E-state index in [9.17, 15) is 4.79 Å². The summed E-state index contributed by atoms with van der Waals surface area (Å²) in [6, 6.07) is 12.8. The number of fused-ring (bicyclic) bond motifs is 1. The van der Waals surface area contributed by atoms with E-state index in [1.165, 1.54) is 6.26 Å². The van der Waals surface area contributed by atoms with Gasteiger partial charge in [0.25, 0.3) is 11.8 Å². The first-order valence-corrected chi connectivity index (χ1v) is 6.91. The first-order chi connectivity index (χ1) is 11.3. The van der Waals surface area contributed by atoms with Crippen molar-refractivity contribution >= 4 is 16.9 Å². The van der Waals surface area contributed by atoms with Gasteiger partial charge in [-0.15, -0.1) is 10.2 Å². The van der Waals surface area contributed by atoms with E-state index in [2.05, 4.69) is 15.2 Å². The maximum Gasteiger partial charge on any atom is 0.355 e. The summed E-state index contributed by atoms with van der Waals surface area (Å²) >= 11 is 0. The fourth-order valence-corrected chi connectivity index (χ4v) is 2.20. The molecule has 0 aliphatic heterocycles. The van der Waals surface area contributed by atoms with Crippen LogP contribution in [-0.2, 0) is 11.3 Å². The molecule has 7 nitrogen and oxygen atoms in total. The van der Waals surface area contributed by atoms with Crippen molar-refractivity contribution in [1.29, 1.82) is 0 Å². The summed E-state index contributed by atoms with van der Waals surface area (Å²) in [4.78, 5) is 15.1. The number of H-pyrrole nitrogens is 1. The van der Waals surface area contributed by atoms with E-state index in [0.29, 0.717) is 11.5 Å². The van der Waals surface area contributed by atoms with Gasteiger partial charge in [-0.3, -0.25) is 0 Å². The number of ether oxygens (including phenoxy) is 1. The van der Waals surface area contributed by atoms with E-state index in [0.717, 1.165) is 10.9 Å². The molecule has 3 heterocycles. The lowest BCUT2D eigenvalue weighted by Crippen LogP contribution is -2.05. The normalized spacial score (nSPS) is 11.0. The fraction of sp³-hybridized carbons (Fsp3) is 0.0625. The van der Waals surface area contributed by atoms with Crippen LogP contribution in [0.5, 0.6) is 0 Å². The lowest BCUT2D eigenvalue weighted by molar-refractivity contribution is 0.0433. The summed E-state index contributed by atoms with van der Waals surface area (Å²) in [5.41, 5.74) is 1.24. The van der Waals surface area contributed by atoms with Crippen LogP contribution in [0.4, 0.5) is 0 Å². The van der Waals surface area contributed by atoms with Gasteiger partial charge in [0.15, 0.2) is 12.4 Å². The predicted molar refractivity (Wildman–Crippen MR) is 79.4 cm³/mol. The maximum absolute atomic E-state index is 12.1. The minimum atomic E-state index is -0.487. The number of hydrogen-bond acceptors (Lipinski definition) is 6. The lowest BCUT2D eigenvalue weighted by Gasteiger charge is -1.98. The van der Waals surface area contributed by atoms with Crippen LogP contribution >= 0.6 is 0 Å². The van der Waals surface area contributed by atoms with Gasteiger partial charge in [-0.25, -0.2) is 4.79 Å². The zero-order valence-corrected chi connectivity index (χ0v) is 11.9. The van der Waals surface area contributed by atoms with Gasteiger partial charge in [-0.1, -0.05) is 18.2 Å². The number of aromatic amines is 1. The number of nitrogens with one attached hydrogen (secondary N) is 1. The van der Waals surface area contributed by atoms with Crippen molar-refractivity contribution in [1.82, 2.24) is 15.2 Å². The predicted octanol–water partition coefficient (Wildman–Crippen LogP) is 3.17. The second kappa shape index (κ2) is 5.45. The molecule has 7 heteroatoms. The number of para-hydroxylation sites is 1. The van der Waals surface area contributed by atoms with E-state index < -0.39 is 5.97 Å². The van der Waals surface area contributed by atoms with Crippen LogP contribution in [-0.4, -0.2) is 21.2 Å². The van der Waals surface area contributed by atoms with Gasteiger partial charge in [0.1, 0.15) is 5.69 Å². The first-order valence-electron chi connectivity index (χ1n) is 6.91. The number of furan rings is 1. The topological polar surface area (TPSA) is 94.2 Å². The number of carbonyl (C=O) groups is 1. The van der Waals surface area contributed by atoms with E-state index in [-0.39, 0.29) is 18.4 Å². The van der Waals surface area contributed by atoms with Gasteiger partial charge in [-0.2, -0.15) is 0 Å². The molecule has 0 saturated heterocycles. The minimum Gasteiger partial charge on any atom is -0.459 e. The van der Waals surface area contributed by atoms with E-state index in [1.54, 1.807) is 18.2 Å². The Morgan fingerprint density at radius 3 is 2.91 bits per heavy atom. The molecule has 114 valence electrons. The van der Waals surface area contributed by atoms with Crippen molar-refractivity contribution in [3.05, 3.63) is 60.3 Å². The third kappa shape index (κ3) is 2.59. The zero-order chi connectivity index (χ0) is 15.6. The summed E-state index contributed by atoms with van der Waals surface area (Å²) in [6.07, 6.45) is 1.51. The number of esters is 1. The molecule has 3 aromatic heterocycles. The molecule has 0 spiro atoms. The average Bonchev–Trinajstić information content (AvgIpc) is 3.31. The maximum atomic E-state index is 12.1. The fourth-order valence-electron chi connectivity index (χ4n) is 2.20. The molecule has 1 aromatic carbocycles. The molecule has 23 heavy (non-hydrogen) atoms. The van der Waals surface area contributed by atoms with Gasteiger partial charge >= 0.3 is 5.97 Å². The Labute approximate surface area is 129 Å². The summed E-state index contributed by atoms with van der Waals surface area (Å²) in [7, 11) is 0. The molecule has 0 unspecified atom stereocenters. The van der Waals surface area contributed by atoms with Crippen LogP contribution < -0.4 is 0 Å². The Bertz CT molecular complexity index is 920. The summed E-state index contributed by atoms with van der Waals surface area (Å²) in [6.45, 7) is -0.109. The van der Waals surface area contributed by atoms with Gasteiger partial charge in [0, 0.05) is 10.9 Å². The third-order valence-corrected chi connectivity index (χ3v) is 3.28. The Hall–Kier alpha value is -3.35. The van der Waals surface area contributed by atoms with Crippen molar-refractivity contribution in [2.24, 2.45) is 0 Å². The lowest BCUT2D eigenvalue weighted by atomic mass is 10.2. The number of aromatic nitrogens is 3. The Balaban J connectivity index is 1.45. The van der Waals surface area contributed by atoms with Crippen LogP contribution in [0.2, 0.25) is 0 Å². The quantitative estimate of drug-likeness (QED) is 0.582. The van der Waals surface area contributed by atoms with E-state index in [1.807, 2.05) is 24.3 Å². The number of carbonyl (C=O) groups excluding carboxylic acids is 1. The largest absolute Gasteiger partial charge is 0.459 e. The molecule has 0 bridgehead atoms. The van der Waals surface area contributed by atoms with Crippen molar-refractivity contribution in [2.45, 2.75) is 6.61 Å². The molecule has 4 rings (SSSR count). The summed E-state index contributed by atoms with van der Waals surface area (Å²) in [5.74, 6) is 0.414. The van der Waals surface area contributed by atoms with Crippen molar-refractivity contribution in [2.75, 3.05) is 0 Å². The number of benzene rings is 1. The molecule has 4 aromatic rings. The monoisotopic (exact) mass is 309 g/mol. The van der Waals surface area contributed by atoms with E-state index >= 15 is 0 Å². The molecule has 0 saturated carbocycles. The molecule has 0 aliphatic carbocycles. The summed E-state index contributed by atoms with van der Waals surface area (Å²) in [5, 5.41) is 8.59. The Morgan fingerprint density at radius 2 is 2.09 bits per heavy atom. The highest BCUT2D eigenvalue weighted by molar-refractivity contribution is 5.94. The van der Waals surface area contributed by atoms with Crippen LogP contribution in [0.25, 0.3) is 22.6 Å². The standard InChI is InChI=1S/C16H11N3O4/c20-16(12-8-10-4-1-2-5-11(10)17-12)22-9-14-18-19-15(23-14)13-6-3-7-21-13/h1-8,17H,9H2. The van der Waals surface area contributed by atoms with Crippen LogP contribution in [0, 0.1) is 0 Å². The van der Waals surface area contributed by atoms with Crippen molar-refractivity contribution in [3.8, 4) is 11.7 Å². The number of hydrogen-bond donors (Lipinski definition) is 1. The minimum absolute atomic E-state index is 0.109. The van der Waals surface area contributed by atoms with Gasteiger partial charge < -0.3 is 18.6 Å². The highest BCUT2D eigenvalue weighted by atomic mass is 16.5. The molecule has 0 radical (unpaired) electrons. The van der Waals surface area contributed by atoms with Crippen LogP contribution in [0.1, 0.15) is 16.4 Å². The van der Waals surface area contributed by atoms with Gasteiger partial charge in [0.05, 0.1) is 6.26 Å². The highest BCUT2D eigenvalue weighted by Gasteiger charge is 2.15. The third-order valence-electron chi connectivity index (χ3n) is 3.28. The number of rotatable bonds is 4. The molecule has 0 atom stereocenters. The molecule has 1 N–H and O–H groups in total. The van der Waals surface area contributed by atoms with E-state index in [4.69, 9.17) is 13.6 Å². The average molecular weight is 309 g/mol. The van der Waals surface area contributed by atoms with Crippen molar-refractivity contribution < 1.29 is 18.4 Å². The molecule has 0 amide bonds. The van der Waals surface area contributed by atoms with Gasteiger partial charge in [0.2, 0.25) is 0 Å². The second-order valence-electron chi connectivity index (χ2n) is 4.82. The smallest absolute Gasteiger partial charge is 0.355 e. The van der Waals surface area contributed by atoms with Gasteiger partial charge in [-0.05, 0) is 24.3 Å². The molecular weight excluding hydrogens is 298 g/mol. The van der Waals surface area contributed by atoms with Crippen LogP contribution in [0.15, 0.2) is 57.6 Å². The van der Waals surface area contributed by atoms with Crippen molar-refractivity contribution in [3.63, 3.8) is 0 Å². The molecule has 0 aliphatic rings. The van der Waals surface area contributed by atoms with Crippen LogP contribution in [0.3, 0.4) is 0 Å².